The van der Waals surface area contributed by atoms with Gasteiger partial charge in [-0.05, 0) is 59.7 Å². The van der Waals surface area contributed by atoms with Crippen LogP contribution < -0.4 is 10.6 Å². The van der Waals surface area contributed by atoms with E-state index in [2.05, 4.69) is 10.6 Å². The van der Waals surface area contributed by atoms with Crippen LogP contribution >= 0.6 is 23.2 Å². The number of aryl methyl sites for hydroxylation is 2. The minimum absolute atomic E-state index is 0.209. The van der Waals surface area contributed by atoms with Gasteiger partial charge in [0.1, 0.15) is 0 Å². The molecule has 0 saturated heterocycles. The summed E-state index contributed by atoms with van der Waals surface area (Å²) in [5.74, 6) is 0. The molecule has 0 aliphatic heterocycles. The lowest BCUT2D eigenvalue weighted by Gasteiger charge is -2.36. The molecule has 1 rings (SSSR count). The number of carbonyl (C=O) groups is 1. The molecular formula is C16H20Cl2F4N2O2. The van der Waals surface area contributed by atoms with Crippen molar-refractivity contribution in [3.63, 3.8) is 0 Å². The number of alkyl halides is 6. The first-order valence-corrected chi connectivity index (χ1v) is 8.65. The van der Waals surface area contributed by atoms with Crippen LogP contribution in [0, 0.1) is 0 Å². The molecule has 0 aromatic heterocycles. The Morgan fingerprint density at radius 2 is 1.46 bits per heavy atom. The molecule has 1 aromatic carbocycles. The fourth-order valence-corrected chi connectivity index (χ4v) is 3.01. The highest BCUT2D eigenvalue weighted by atomic mass is 35.5. The lowest BCUT2D eigenvalue weighted by Crippen LogP contribution is -2.53. The Morgan fingerprint density at radius 3 is 1.77 bits per heavy atom. The van der Waals surface area contributed by atoms with Crippen molar-refractivity contribution in [2.45, 2.75) is 50.0 Å². The van der Waals surface area contributed by atoms with Gasteiger partial charge in [0.2, 0.25) is 5.60 Å². The molecule has 148 valence electrons. The number of urea groups is 1. The van der Waals surface area contributed by atoms with Gasteiger partial charge in [0.05, 0.1) is 0 Å². The molecule has 1 aromatic rings. The van der Waals surface area contributed by atoms with E-state index >= 15 is 0 Å². The quantitative estimate of drug-likeness (QED) is 0.439. The Morgan fingerprint density at radius 1 is 1.04 bits per heavy atom. The van der Waals surface area contributed by atoms with E-state index in [0.29, 0.717) is 12.2 Å². The molecule has 4 nitrogen and oxygen atoms in total. The Kier molecular flexibility index (Phi) is 7.18. The van der Waals surface area contributed by atoms with E-state index in [4.69, 9.17) is 23.2 Å². The van der Waals surface area contributed by atoms with Crippen molar-refractivity contribution in [1.82, 2.24) is 5.32 Å². The molecular weight excluding hydrogens is 399 g/mol. The Hall–Kier alpha value is -1.25. The molecule has 0 aliphatic carbocycles. The standard InChI is InChI=1S/C16H20Cl2F4N2O2/c1-4-9-7-11(14(26,15(17,19)20)16(18,21)22)8-10(5-2)12(9)24-13(25)23-6-3/h7-8,26H,4-6H2,1-3H3,(H2,23,24,25). The molecule has 0 spiro atoms. The van der Waals surface area contributed by atoms with E-state index in [1.807, 2.05) is 0 Å². The normalized spacial score (nSPS) is 12.8. The fourth-order valence-electron chi connectivity index (χ4n) is 2.50. The Bertz CT molecular complexity index is 622. The van der Waals surface area contributed by atoms with Crippen molar-refractivity contribution in [3.8, 4) is 0 Å². The first-order chi connectivity index (χ1) is 11.8. The van der Waals surface area contributed by atoms with E-state index in [0.717, 1.165) is 12.1 Å². The van der Waals surface area contributed by atoms with Gasteiger partial charge in [-0.25, -0.2) is 4.79 Å². The van der Waals surface area contributed by atoms with Gasteiger partial charge in [-0.2, -0.15) is 17.6 Å². The van der Waals surface area contributed by atoms with Gasteiger partial charge >= 0.3 is 16.8 Å². The third-order valence-corrected chi connectivity index (χ3v) is 4.42. The zero-order valence-electron chi connectivity index (χ0n) is 14.4. The van der Waals surface area contributed by atoms with E-state index in [9.17, 15) is 27.5 Å². The van der Waals surface area contributed by atoms with E-state index in [-0.39, 0.29) is 24.0 Å². The molecule has 0 radical (unpaired) electrons. The zero-order chi connectivity index (χ0) is 20.3. The maximum Gasteiger partial charge on any atom is 0.361 e. The predicted molar refractivity (Wildman–Crippen MR) is 93.4 cm³/mol. The Labute approximate surface area is 158 Å². The van der Waals surface area contributed by atoms with Gasteiger partial charge in [0.15, 0.2) is 0 Å². The lowest BCUT2D eigenvalue weighted by atomic mass is 9.88. The monoisotopic (exact) mass is 418 g/mol. The number of carbonyl (C=O) groups excluding carboxylic acids is 1. The summed E-state index contributed by atoms with van der Waals surface area (Å²) in [5, 5.41) is 5.67. The highest BCUT2D eigenvalue weighted by molar-refractivity contribution is 6.26. The molecule has 10 heteroatoms. The number of hydrogen-bond donors (Lipinski definition) is 3. The van der Waals surface area contributed by atoms with Crippen LogP contribution in [0.15, 0.2) is 12.1 Å². The first-order valence-electron chi connectivity index (χ1n) is 7.90. The largest absolute Gasteiger partial charge is 0.372 e. The van der Waals surface area contributed by atoms with E-state index in [1.165, 1.54) is 0 Å². The van der Waals surface area contributed by atoms with Crippen LogP contribution in [0.5, 0.6) is 0 Å². The lowest BCUT2D eigenvalue weighted by molar-refractivity contribution is -0.224. The number of aliphatic hydroxyl groups is 1. The second-order valence-electron chi connectivity index (χ2n) is 5.57. The van der Waals surface area contributed by atoms with E-state index < -0.39 is 28.0 Å². The van der Waals surface area contributed by atoms with Gasteiger partial charge in [0, 0.05) is 12.2 Å². The first kappa shape index (κ1) is 22.8. The van der Waals surface area contributed by atoms with Crippen molar-refractivity contribution >= 4 is 34.9 Å². The summed E-state index contributed by atoms with van der Waals surface area (Å²) in [4.78, 5) is 11.8. The van der Waals surface area contributed by atoms with Crippen molar-refractivity contribution in [1.29, 1.82) is 0 Å². The zero-order valence-corrected chi connectivity index (χ0v) is 15.9. The topological polar surface area (TPSA) is 61.4 Å². The molecule has 2 amide bonds. The highest BCUT2D eigenvalue weighted by Gasteiger charge is 2.68. The number of rotatable bonds is 7. The molecule has 26 heavy (non-hydrogen) atoms. The van der Waals surface area contributed by atoms with Crippen LogP contribution in [0.3, 0.4) is 0 Å². The van der Waals surface area contributed by atoms with Crippen molar-refractivity contribution in [2.75, 3.05) is 11.9 Å². The predicted octanol–water partition coefficient (Wildman–Crippen LogP) is 4.80. The SMILES string of the molecule is CCNC(=O)Nc1c(CC)cc(C(O)(C(F)(F)Cl)C(F)(F)Cl)cc1CC. The molecule has 0 saturated carbocycles. The third-order valence-electron chi connectivity index (χ3n) is 3.88. The third kappa shape index (κ3) is 4.35. The summed E-state index contributed by atoms with van der Waals surface area (Å²) in [7, 11) is 0. The van der Waals surface area contributed by atoms with Crippen LogP contribution in [0.4, 0.5) is 28.0 Å². The minimum atomic E-state index is -4.75. The summed E-state index contributed by atoms with van der Waals surface area (Å²) < 4.78 is 54.8. The summed E-state index contributed by atoms with van der Waals surface area (Å²) in [6.45, 7) is 5.33. The summed E-state index contributed by atoms with van der Waals surface area (Å²) in [6.07, 6.45) is 0.417. The minimum Gasteiger partial charge on any atom is -0.372 e. The number of halogens is 6. The van der Waals surface area contributed by atoms with Crippen LogP contribution in [0.25, 0.3) is 0 Å². The van der Waals surface area contributed by atoms with Gasteiger partial charge in [-0.1, -0.05) is 26.0 Å². The summed E-state index contributed by atoms with van der Waals surface area (Å²) >= 11 is 9.58. The van der Waals surface area contributed by atoms with Crippen LogP contribution in [0.1, 0.15) is 37.5 Å². The number of nitrogens with one attached hydrogen (secondary N) is 2. The maximum atomic E-state index is 13.7. The number of hydrogen-bond acceptors (Lipinski definition) is 2. The Balaban J connectivity index is 3.63. The fraction of sp³-hybridized carbons (Fsp3) is 0.562. The molecule has 3 N–H and O–H groups in total. The second kappa shape index (κ2) is 8.19. The van der Waals surface area contributed by atoms with Gasteiger partial charge in [-0.15, -0.1) is 0 Å². The average Bonchev–Trinajstić information content (AvgIpc) is 2.52. The summed E-state index contributed by atoms with van der Waals surface area (Å²) in [6, 6.07) is 1.34. The van der Waals surface area contributed by atoms with Crippen LogP contribution in [-0.4, -0.2) is 28.4 Å². The van der Waals surface area contributed by atoms with Crippen LogP contribution in [-0.2, 0) is 18.4 Å². The van der Waals surface area contributed by atoms with Crippen molar-refractivity contribution in [2.24, 2.45) is 0 Å². The molecule has 0 unspecified atom stereocenters. The molecule has 0 atom stereocenters. The number of anilines is 1. The number of amides is 2. The smallest absolute Gasteiger partial charge is 0.361 e. The molecule has 0 aliphatic rings. The maximum absolute atomic E-state index is 13.7. The summed E-state index contributed by atoms with van der Waals surface area (Å²) in [5.41, 5.74) is -4.14. The van der Waals surface area contributed by atoms with Gasteiger partial charge in [0.25, 0.3) is 0 Å². The van der Waals surface area contributed by atoms with Crippen LogP contribution in [0.2, 0.25) is 0 Å². The van der Waals surface area contributed by atoms with Crippen molar-refractivity contribution in [3.05, 3.63) is 28.8 Å². The molecule has 0 fully saturated rings. The molecule has 0 heterocycles. The van der Waals surface area contributed by atoms with E-state index in [1.54, 1.807) is 20.8 Å². The van der Waals surface area contributed by atoms with Gasteiger partial charge in [-0.3, -0.25) is 0 Å². The molecule has 0 bridgehead atoms. The number of benzene rings is 1. The van der Waals surface area contributed by atoms with Gasteiger partial charge < -0.3 is 15.7 Å². The highest BCUT2D eigenvalue weighted by Crippen LogP contribution is 2.53. The second-order valence-corrected chi connectivity index (χ2v) is 6.52. The van der Waals surface area contributed by atoms with Crippen molar-refractivity contribution < 1.29 is 27.5 Å². The average molecular weight is 419 g/mol.